The van der Waals surface area contributed by atoms with E-state index in [9.17, 15) is 0 Å². The number of rotatable bonds is 1. The highest BCUT2D eigenvalue weighted by molar-refractivity contribution is 8.14. The maximum Gasteiger partial charge on any atom is 0.161 e. The molecule has 1 aliphatic heterocycles. The zero-order valence-corrected chi connectivity index (χ0v) is 12.1. The van der Waals surface area contributed by atoms with E-state index in [0.29, 0.717) is 10.0 Å². The number of nitrogens with one attached hydrogen (secondary N) is 1. The van der Waals surface area contributed by atoms with Gasteiger partial charge in [0.05, 0.1) is 15.7 Å². The summed E-state index contributed by atoms with van der Waals surface area (Å²) in [6.45, 7) is 5.25. The summed E-state index contributed by atoms with van der Waals surface area (Å²) in [4.78, 5) is 4.51. The van der Waals surface area contributed by atoms with Crippen molar-refractivity contribution in [2.45, 2.75) is 13.8 Å². The number of nitrogens with zero attached hydrogens (tertiary/aromatic N) is 1. The minimum absolute atomic E-state index is 0.264. The van der Waals surface area contributed by atoms with Crippen molar-refractivity contribution in [1.82, 2.24) is 0 Å². The maximum absolute atomic E-state index is 6.09. The van der Waals surface area contributed by atoms with Crippen LogP contribution in [0.2, 0.25) is 10.0 Å². The van der Waals surface area contributed by atoms with Gasteiger partial charge >= 0.3 is 0 Å². The van der Waals surface area contributed by atoms with Gasteiger partial charge in [-0.05, 0) is 17.5 Å². The smallest absolute Gasteiger partial charge is 0.161 e. The molecule has 0 bridgehead atoms. The van der Waals surface area contributed by atoms with E-state index < -0.39 is 0 Å². The number of hydrogen-bond acceptors (Lipinski definition) is 3. The molecule has 0 radical (unpaired) electrons. The summed E-state index contributed by atoms with van der Waals surface area (Å²) < 4.78 is 0. The average Bonchev–Trinajstić information content (AvgIpc) is 2.26. The van der Waals surface area contributed by atoms with Crippen LogP contribution in [-0.4, -0.2) is 17.5 Å². The number of benzene rings is 1. The summed E-state index contributed by atoms with van der Waals surface area (Å²) in [5.74, 6) is 1.04. The van der Waals surface area contributed by atoms with Crippen LogP contribution in [0.25, 0.3) is 0 Å². The Morgan fingerprint density at radius 3 is 2.47 bits per heavy atom. The normalized spacial score (nSPS) is 18.7. The van der Waals surface area contributed by atoms with Crippen molar-refractivity contribution in [2.24, 2.45) is 10.4 Å². The van der Waals surface area contributed by atoms with E-state index in [-0.39, 0.29) is 5.41 Å². The number of thioether (sulfide) groups is 1. The summed E-state index contributed by atoms with van der Waals surface area (Å²) in [6, 6.07) is 5.45. The van der Waals surface area contributed by atoms with Crippen LogP contribution in [0.3, 0.4) is 0 Å². The van der Waals surface area contributed by atoms with Crippen molar-refractivity contribution in [2.75, 3.05) is 17.6 Å². The van der Waals surface area contributed by atoms with Gasteiger partial charge in [-0.2, -0.15) is 0 Å². The van der Waals surface area contributed by atoms with E-state index >= 15 is 0 Å². The minimum atomic E-state index is 0.264. The molecular formula is C12H14Cl2N2S. The second-order valence-electron chi connectivity index (χ2n) is 4.80. The topological polar surface area (TPSA) is 24.4 Å². The van der Waals surface area contributed by atoms with Crippen molar-refractivity contribution in [3.63, 3.8) is 0 Å². The molecule has 92 valence electrons. The summed E-state index contributed by atoms with van der Waals surface area (Å²) in [7, 11) is 0. The number of amidine groups is 1. The third-order valence-corrected chi connectivity index (χ3v) is 4.51. The summed E-state index contributed by atoms with van der Waals surface area (Å²) in [6.07, 6.45) is 0. The first-order valence-corrected chi connectivity index (χ1v) is 7.10. The van der Waals surface area contributed by atoms with Crippen LogP contribution < -0.4 is 5.32 Å². The van der Waals surface area contributed by atoms with E-state index in [4.69, 9.17) is 23.2 Å². The predicted molar refractivity (Wildman–Crippen MR) is 78.6 cm³/mol. The average molecular weight is 289 g/mol. The lowest BCUT2D eigenvalue weighted by Crippen LogP contribution is -2.27. The second kappa shape index (κ2) is 5.09. The molecule has 17 heavy (non-hydrogen) atoms. The molecule has 0 saturated heterocycles. The molecule has 0 saturated carbocycles. The van der Waals surface area contributed by atoms with Gasteiger partial charge in [-0.3, -0.25) is 4.99 Å². The fourth-order valence-electron chi connectivity index (χ4n) is 1.44. The van der Waals surface area contributed by atoms with Crippen LogP contribution in [-0.2, 0) is 0 Å². The molecule has 5 heteroatoms. The maximum atomic E-state index is 6.09. The van der Waals surface area contributed by atoms with Gasteiger partial charge in [0, 0.05) is 12.3 Å². The Morgan fingerprint density at radius 1 is 1.29 bits per heavy atom. The lowest BCUT2D eigenvalue weighted by Gasteiger charge is -2.27. The summed E-state index contributed by atoms with van der Waals surface area (Å²) in [5.41, 5.74) is 1.00. The van der Waals surface area contributed by atoms with E-state index in [2.05, 4.69) is 24.2 Å². The van der Waals surface area contributed by atoms with Crippen LogP contribution >= 0.6 is 35.0 Å². The molecule has 0 unspecified atom stereocenters. The summed E-state index contributed by atoms with van der Waals surface area (Å²) >= 11 is 13.9. The molecule has 0 aromatic heterocycles. The van der Waals surface area contributed by atoms with Gasteiger partial charge in [0.25, 0.3) is 0 Å². The van der Waals surface area contributed by atoms with Gasteiger partial charge in [0.15, 0.2) is 5.17 Å². The minimum Gasteiger partial charge on any atom is -0.333 e. The van der Waals surface area contributed by atoms with Crippen LogP contribution in [0.1, 0.15) is 13.8 Å². The predicted octanol–water partition coefficient (Wildman–Crippen LogP) is 4.53. The molecule has 0 aliphatic carbocycles. The molecule has 0 amide bonds. The Kier molecular flexibility index (Phi) is 3.91. The molecule has 1 heterocycles. The van der Waals surface area contributed by atoms with E-state index in [1.807, 2.05) is 18.2 Å². The van der Waals surface area contributed by atoms with Crippen molar-refractivity contribution in [3.8, 4) is 0 Å². The Hall–Kier alpha value is -0.380. The number of hydrogen-bond donors (Lipinski definition) is 1. The number of halogens is 2. The van der Waals surface area contributed by atoms with Crippen molar-refractivity contribution < 1.29 is 0 Å². The Morgan fingerprint density at radius 2 is 1.94 bits per heavy atom. The van der Waals surface area contributed by atoms with Gasteiger partial charge in [-0.25, -0.2) is 0 Å². The molecule has 1 aromatic rings. The summed E-state index contributed by atoms with van der Waals surface area (Å²) in [5, 5.41) is 5.33. The quantitative estimate of drug-likeness (QED) is 0.821. The highest BCUT2D eigenvalue weighted by Crippen LogP contribution is 2.33. The van der Waals surface area contributed by atoms with E-state index in [0.717, 1.165) is 23.2 Å². The second-order valence-corrected chi connectivity index (χ2v) is 6.57. The third-order valence-electron chi connectivity index (χ3n) is 2.45. The van der Waals surface area contributed by atoms with Crippen LogP contribution in [0, 0.1) is 5.41 Å². The zero-order chi connectivity index (χ0) is 12.5. The van der Waals surface area contributed by atoms with E-state index in [1.165, 1.54) is 0 Å². The monoisotopic (exact) mass is 288 g/mol. The van der Waals surface area contributed by atoms with E-state index in [1.54, 1.807) is 11.8 Å². The van der Waals surface area contributed by atoms with Crippen LogP contribution in [0.4, 0.5) is 5.69 Å². The van der Waals surface area contributed by atoms with Crippen molar-refractivity contribution in [3.05, 3.63) is 28.2 Å². The standard InChI is InChI=1S/C12H14Cl2N2S/c1-12(2)6-15-11(17-7-12)16-10-8(13)4-3-5-9(10)14/h3-5H,6-7H2,1-2H3,(H,15,16). The first-order chi connectivity index (χ1) is 7.98. The first kappa shape index (κ1) is 13.1. The number of aliphatic imine (C=N–C) groups is 1. The third kappa shape index (κ3) is 3.30. The number of anilines is 1. The highest BCUT2D eigenvalue weighted by Gasteiger charge is 2.23. The Bertz CT molecular complexity index is 438. The number of para-hydroxylation sites is 1. The fraction of sp³-hybridized carbons (Fsp3) is 0.417. The lowest BCUT2D eigenvalue weighted by molar-refractivity contribution is 0.438. The highest BCUT2D eigenvalue weighted by atomic mass is 35.5. The molecule has 1 N–H and O–H groups in total. The fourth-order valence-corrected chi connectivity index (χ4v) is 2.88. The largest absolute Gasteiger partial charge is 0.333 e. The molecule has 0 fully saturated rings. The first-order valence-electron chi connectivity index (χ1n) is 5.36. The van der Waals surface area contributed by atoms with Crippen LogP contribution in [0.15, 0.2) is 23.2 Å². The molecule has 0 spiro atoms. The van der Waals surface area contributed by atoms with Gasteiger partial charge in [0.1, 0.15) is 0 Å². The van der Waals surface area contributed by atoms with Gasteiger partial charge in [-0.15, -0.1) is 0 Å². The zero-order valence-electron chi connectivity index (χ0n) is 9.76. The van der Waals surface area contributed by atoms with Crippen LogP contribution in [0.5, 0.6) is 0 Å². The van der Waals surface area contributed by atoms with Gasteiger partial charge < -0.3 is 5.32 Å². The molecule has 2 nitrogen and oxygen atoms in total. The molecule has 2 rings (SSSR count). The lowest BCUT2D eigenvalue weighted by atomic mass is 9.97. The van der Waals surface area contributed by atoms with Gasteiger partial charge in [-0.1, -0.05) is 54.9 Å². The Labute approximate surface area is 116 Å². The Balaban J connectivity index is 2.15. The molecule has 1 aliphatic rings. The van der Waals surface area contributed by atoms with Gasteiger partial charge in [0.2, 0.25) is 0 Å². The molecule has 1 aromatic carbocycles. The van der Waals surface area contributed by atoms with Crippen molar-refractivity contribution >= 4 is 45.8 Å². The van der Waals surface area contributed by atoms with Crippen molar-refractivity contribution in [1.29, 1.82) is 0 Å². The molecule has 0 atom stereocenters. The SMILES string of the molecule is CC1(C)CN=C(Nc2c(Cl)cccc2Cl)SC1. The molecular weight excluding hydrogens is 275 g/mol.